The molecule has 3 fully saturated rings. The maximum atomic E-state index is 14.6. The number of carbonyl (C=O) groups is 4. The molecule has 0 bridgehead atoms. The van der Waals surface area contributed by atoms with Gasteiger partial charge in [0.25, 0.3) is 5.91 Å². The predicted octanol–water partition coefficient (Wildman–Crippen LogP) is 4.44. The van der Waals surface area contributed by atoms with Crippen LogP contribution >= 0.6 is 0 Å². The largest absolute Gasteiger partial charge is 0.471 e. The topological polar surface area (TPSA) is 186 Å². The van der Waals surface area contributed by atoms with Gasteiger partial charge in [-0.2, -0.15) is 13.2 Å². The monoisotopic (exact) mass is 810 g/mol. The molecule has 7 atom stereocenters. The molecular weight excluding hydrogens is 765 g/mol. The third kappa shape index (κ3) is 8.41. The van der Waals surface area contributed by atoms with Gasteiger partial charge in [-0.15, -0.1) is 0 Å². The zero-order chi connectivity index (χ0) is 41.0. The van der Waals surface area contributed by atoms with Crippen molar-refractivity contribution in [2.75, 3.05) is 6.54 Å². The number of carbonyl (C=O) groups excluding carboxylic acids is 4. The summed E-state index contributed by atoms with van der Waals surface area (Å²) >= 11 is 0. The lowest BCUT2D eigenvalue weighted by molar-refractivity contribution is -0.244. The number of amides is 4. The first-order chi connectivity index (χ1) is 26.0. The number of alkyl carbamates (subject to hydrolysis) is 1. The van der Waals surface area contributed by atoms with Gasteiger partial charge in [0, 0.05) is 18.4 Å². The maximum Gasteiger partial charge on any atom is 0.427 e. The number of hydrogen-bond acceptors (Lipinski definition) is 10. The molecule has 1 aromatic heterocycles. The Balaban J connectivity index is 1.33. The number of rotatable bonds is 7. The normalized spacial score (nSPS) is 30.1. The van der Waals surface area contributed by atoms with Crippen molar-refractivity contribution in [1.29, 1.82) is 0 Å². The van der Waals surface area contributed by atoms with Crippen molar-refractivity contribution in [3.8, 4) is 5.88 Å². The van der Waals surface area contributed by atoms with Crippen molar-refractivity contribution in [2.24, 2.45) is 17.8 Å². The van der Waals surface area contributed by atoms with E-state index in [9.17, 15) is 45.2 Å². The molecule has 3 N–H and O–H groups in total. The average molecular weight is 811 g/mol. The van der Waals surface area contributed by atoms with Crippen LogP contribution in [0.4, 0.5) is 22.4 Å². The number of alkyl halides is 3. The van der Waals surface area contributed by atoms with Crippen molar-refractivity contribution < 1.29 is 54.6 Å². The van der Waals surface area contributed by atoms with E-state index in [1.165, 1.54) is 31.3 Å². The number of benzene rings is 1. The zero-order valence-electron chi connectivity index (χ0n) is 31.6. The Morgan fingerprint density at radius 1 is 1.09 bits per heavy atom. The van der Waals surface area contributed by atoms with E-state index in [0.29, 0.717) is 51.5 Å². The highest BCUT2D eigenvalue weighted by molar-refractivity contribution is 7.91. The molecule has 4 amide bonds. The lowest BCUT2D eigenvalue weighted by atomic mass is 9.88. The molecule has 2 saturated carbocycles. The van der Waals surface area contributed by atoms with Crippen molar-refractivity contribution in [3.05, 3.63) is 42.4 Å². The van der Waals surface area contributed by atoms with E-state index < -0.39 is 91.7 Å². The van der Waals surface area contributed by atoms with Crippen LogP contribution in [0.5, 0.6) is 5.88 Å². The van der Waals surface area contributed by atoms with Crippen LogP contribution in [-0.4, -0.2) is 93.9 Å². The molecule has 19 heteroatoms. The highest BCUT2D eigenvalue weighted by atomic mass is 32.2. The Morgan fingerprint density at radius 3 is 2.48 bits per heavy atom. The van der Waals surface area contributed by atoms with Gasteiger partial charge in [-0.25, -0.2) is 27.6 Å². The summed E-state index contributed by atoms with van der Waals surface area (Å²) in [5, 5.41) is 5.09. The smallest absolute Gasteiger partial charge is 0.427 e. The number of halogens is 4. The second kappa shape index (κ2) is 14.8. The first-order valence-corrected chi connectivity index (χ1v) is 20.0. The van der Waals surface area contributed by atoms with Crippen molar-refractivity contribution >= 4 is 44.9 Å². The number of nitrogens with zero attached hydrogens (tertiary/aromatic N) is 3. The maximum absolute atomic E-state index is 14.6. The molecule has 1 aromatic carbocycles. The van der Waals surface area contributed by atoms with Crippen LogP contribution in [0, 0.1) is 23.6 Å². The molecule has 3 heterocycles. The Hall–Kier alpha value is -4.55. The van der Waals surface area contributed by atoms with Crippen molar-refractivity contribution in [3.63, 3.8) is 0 Å². The summed E-state index contributed by atoms with van der Waals surface area (Å²) in [6, 6.07) is 0.945. The van der Waals surface area contributed by atoms with E-state index in [2.05, 4.69) is 25.3 Å². The average Bonchev–Trinajstić information content (AvgIpc) is 3.98. The first-order valence-electron chi connectivity index (χ1n) is 18.6. The van der Waals surface area contributed by atoms with E-state index in [-0.39, 0.29) is 36.7 Å². The van der Waals surface area contributed by atoms with Gasteiger partial charge in [0.2, 0.25) is 33.3 Å². The fraction of sp³-hybridized carbons (Fsp3) is 0.622. The van der Waals surface area contributed by atoms with Gasteiger partial charge in [-0.3, -0.25) is 19.1 Å². The van der Waals surface area contributed by atoms with Crippen molar-refractivity contribution in [1.82, 2.24) is 30.2 Å². The highest BCUT2D eigenvalue weighted by Gasteiger charge is 2.63. The minimum absolute atomic E-state index is 0.0124. The predicted molar refractivity (Wildman–Crippen MR) is 193 cm³/mol. The van der Waals surface area contributed by atoms with E-state index in [0.717, 1.165) is 4.90 Å². The van der Waals surface area contributed by atoms with Gasteiger partial charge < -0.3 is 25.0 Å². The molecule has 56 heavy (non-hydrogen) atoms. The SMILES string of the molecule is C[C@@H]1CC/C=C\[C@@H]2C[C@@]2(C(=O)NS(=O)(=O)C2(C)CC2)NC(=O)[C@@H]2C[C@@H](Oc3cnc4cc(F)ccc4n3)CN2C(=O)[C@@H](NC(=O)OC(C)(C)C(F)(F)F)[C@H](C)C1. The molecule has 2 aromatic rings. The number of fused-ring (bicyclic) bond motifs is 3. The Bertz CT molecular complexity index is 2040. The number of allylic oxidation sites excluding steroid dienone is 1. The van der Waals surface area contributed by atoms with Gasteiger partial charge in [-0.05, 0) is 83.3 Å². The molecule has 4 aliphatic rings. The lowest BCUT2D eigenvalue weighted by Crippen LogP contribution is -2.59. The molecular formula is C37H46F4N6O8S. The fourth-order valence-electron chi connectivity index (χ4n) is 7.24. The number of ether oxygens (including phenoxy) is 2. The molecule has 0 unspecified atom stereocenters. The van der Waals surface area contributed by atoms with Crippen LogP contribution in [0.3, 0.4) is 0 Å². The summed E-state index contributed by atoms with van der Waals surface area (Å²) in [5.41, 5.74) is -4.01. The Labute approximate surface area is 321 Å². The summed E-state index contributed by atoms with van der Waals surface area (Å²) in [6.07, 6.45) is -0.392. The highest BCUT2D eigenvalue weighted by Crippen LogP contribution is 2.47. The minimum atomic E-state index is -4.93. The molecule has 14 nitrogen and oxygen atoms in total. The molecule has 0 radical (unpaired) electrons. The Kier molecular flexibility index (Phi) is 10.8. The summed E-state index contributed by atoms with van der Waals surface area (Å²) < 4.78 is 92.9. The summed E-state index contributed by atoms with van der Waals surface area (Å²) in [5.74, 6) is -4.37. The van der Waals surface area contributed by atoms with E-state index in [4.69, 9.17) is 9.47 Å². The number of sulfonamides is 1. The second-order valence-electron chi connectivity index (χ2n) is 16.3. The van der Waals surface area contributed by atoms with E-state index in [1.807, 2.05) is 13.0 Å². The number of nitrogens with one attached hydrogen (secondary N) is 3. The number of hydrogen-bond donors (Lipinski definition) is 3. The zero-order valence-corrected chi connectivity index (χ0v) is 32.4. The molecule has 6 rings (SSSR count). The summed E-state index contributed by atoms with van der Waals surface area (Å²) in [7, 11) is -4.09. The van der Waals surface area contributed by atoms with Crippen LogP contribution in [0.15, 0.2) is 36.5 Å². The van der Waals surface area contributed by atoms with Crippen LogP contribution in [0.2, 0.25) is 0 Å². The molecule has 2 aliphatic heterocycles. The van der Waals surface area contributed by atoms with Crippen LogP contribution in [0.1, 0.15) is 79.6 Å². The standard InChI is InChI=1S/C37H46F4N6O8S/c1-20-8-6-7-9-22-17-36(22,32(50)46-56(52,53)35(5)12-13-35)45-30(48)27-16-24(54-28-18-42-26-15-23(38)10-11-25(26)43-28)19-47(27)31(49)29(21(2)14-20)44-33(51)55-34(3,4)37(39,40)41/h7,9-11,15,18,20-22,24,27,29H,6,8,12-14,16-17,19H2,1-5H3,(H,44,51)(H,45,48)(H,46,50)/b9-7-/t20-,21-,22-,24-,27+,29+,36-/m1/s1. The minimum Gasteiger partial charge on any atom is -0.471 e. The lowest BCUT2D eigenvalue weighted by Gasteiger charge is -2.34. The molecule has 0 spiro atoms. The van der Waals surface area contributed by atoms with Gasteiger partial charge in [0.1, 0.15) is 29.5 Å². The summed E-state index contributed by atoms with van der Waals surface area (Å²) in [6.45, 7) is 6.17. The van der Waals surface area contributed by atoms with Gasteiger partial charge in [0.15, 0.2) is 0 Å². The quantitative estimate of drug-likeness (QED) is 0.267. The van der Waals surface area contributed by atoms with Crippen molar-refractivity contribution in [2.45, 2.75) is 120 Å². The third-order valence-electron chi connectivity index (χ3n) is 11.3. The third-order valence-corrected chi connectivity index (χ3v) is 13.5. The van der Waals surface area contributed by atoms with Crippen LogP contribution < -0.4 is 20.1 Å². The van der Waals surface area contributed by atoms with Gasteiger partial charge >= 0.3 is 12.3 Å². The Morgan fingerprint density at radius 2 is 1.80 bits per heavy atom. The van der Waals surface area contributed by atoms with Crippen LogP contribution in [0.25, 0.3) is 11.0 Å². The van der Waals surface area contributed by atoms with Gasteiger partial charge in [-0.1, -0.05) is 26.0 Å². The van der Waals surface area contributed by atoms with Crippen LogP contribution in [-0.2, 0) is 29.1 Å². The van der Waals surface area contributed by atoms with E-state index in [1.54, 1.807) is 13.0 Å². The molecule has 1 saturated heterocycles. The summed E-state index contributed by atoms with van der Waals surface area (Å²) in [4.78, 5) is 65.5. The number of aromatic nitrogens is 2. The van der Waals surface area contributed by atoms with E-state index >= 15 is 0 Å². The second-order valence-corrected chi connectivity index (χ2v) is 18.5. The first kappa shape index (κ1) is 41.1. The molecule has 306 valence electrons. The fourth-order valence-corrected chi connectivity index (χ4v) is 8.55. The van der Waals surface area contributed by atoms with Gasteiger partial charge in [0.05, 0.1) is 28.5 Å². The molecule has 2 aliphatic carbocycles.